The second kappa shape index (κ2) is 12.1. The maximum Gasteiger partial charge on any atom is 0.338 e. The summed E-state index contributed by atoms with van der Waals surface area (Å²) in [6, 6.07) is 12.7. The topological polar surface area (TPSA) is 83.1 Å². The minimum atomic E-state index is -0.776. The summed E-state index contributed by atoms with van der Waals surface area (Å²) in [5.41, 5.74) is 2.26. The van der Waals surface area contributed by atoms with E-state index in [0.29, 0.717) is 17.9 Å². The van der Waals surface area contributed by atoms with E-state index < -0.39 is 12.4 Å². The van der Waals surface area contributed by atoms with Gasteiger partial charge in [0.05, 0.1) is 12.2 Å². The van der Waals surface area contributed by atoms with Gasteiger partial charge in [-0.05, 0) is 123 Å². The number of benzene rings is 2. The highest BCUT2D eigenvalue weighted by molar-refractivity contribution is 8.13. The Morgan fingerprint density at radius 2 is 1.74 bits per heavy atom. The van der Waals surface area contributed by atoms with Crippen LogP contribution < -0.4 is 10.1 Å². The lowest BCUT2D eigenvalue weighted by molar-refractivity contribution is -0.231. The van der Waals surface area contributed by atoms with Crippen molar-refractivity contribution in [2.45, 2.75) is 62.2 Å². The number of hydrogen-bond acceptors (Lipinski definition) is 7. The van der Waals surface area contributed by atoms with Gasteiger partial charge in [0.1, 0.15) is 12.4 Å². The molecular weight excluding hydrogens is 514 g/mol. The quantitative estimate of drug-likeness (QED) is 0.137. The molecule has 4 bridgehead atoms. The zero-order valence-corrected chi connectivity index (χ0v) is 23.5. The van der Waals surface area contributed by atoms with Gasteiger partial charge < -0.3 is 24.3 Å². The Balaban J connectivity index is 1.33. The van der Waals surface area contributed by atoms with Crippen LogP contribution in [0.15, 0.2) is 60.0 Å². The number of carbonyl (C=O) groups excluding carboxylic acids is 2. The molecule has 4 fully saturated rings. The van der Waals surface area contributed by atoms with E-state index in [2.05, 4.69) is 18.0 Å². The van der Waals surface area contributed by atoms with E-state index in [1.165, 1.54) is 50.2 Å². The second-order valence-corrected chi connectivity index (χ2v) is 12.0. The van der Waals surface area contributed by atoms with Gasteiger partial charge in [-0.25, -0.2) is 4.79 Å². The van der Waals surface area contributed by atoms with Crippen molar-refractivity contribution in [1.82, 2.24) is 0 Å². The number of carbonyl (C=O) groups is 2. The summed E-state index contributed by atoms with van der Waals surface area (Å²) in [5, 5.41) is 2.71. The number of esters is 1. The number of thioether (sulfide) groups is 1. The SMILES string of the molecule is C=CCOC(=O)c1ccc(NC(=O)Sc2ccc(OC(OC)OCC)c(C34CC5CC(CC(C5)C3)C4)c2)cc1. The van der Waals surface area contributed by atoms with Crippen molar-refractivity contribution < 1.29 is 28.5 Å². The number of anilines is 1. The Kier molecular flexibility index (Phi) is 8.64. The smallest absolute Gasteiger partial charge is 0.338 e. The molecule has 0 aromatic heterocycles. The highest BCUT2D eigenvalue weighted by atomic mass is 32.2. The molecule has 2 aromatic carbocycles. The van der Waals surface area contributed by atoms with Crippen molar-refractivity contribution in [2.75, 3.05) is 25.6 Å². The van der Waals surface area contributed by atoms with Crippen LogP contribution in [0.1, 0.15) is 61.4 Å². The number of ether oxygens (including phenoxy) is 4. The van der Waals surface area contributed by atoms with Gasteiger partial charge in [-0.2, -0.15) is 0 Å². The molecule has 7 nitrogen and oxygen atoms in total. The first kappa shape index (κ1) is 27.7. The first-order valence-electron chi connectivity index (χ1n) is 13.7. The van der Waals surface area contributed by atoms with Crippen molar-refractivity contribution >= 4 is 28.7 Å². The summed E-state index contributed by atoms with van der Waals surface area (Å²) in [7, 11) is 1.58. The fourth-order valence-corrected chi connectivity index (χ4v) is 7.77. The lowest BCUT2D eigenvalue weighted by atomic mass is 9.48. The van der Waals surface area contributed by atoms with Gasteiger partial charge in [0.15, 0.2) is 0 Å². The van der Waals surface area contributed by atoms with Crippen LogP contribution in [0.5, 0.6) is 5.75 Å². The van der Waals surface area contributed by atoms with Crippen LogP contribution in [0, 0.1) is 17.8 Å². The summed E-state index contributed by atoms with van der Waals surface area (Å²) in [6.45, 7) is 5.31. The molecule has 0 spiro atoms. The third-order valence-electron chi connectivity index (χ3n) is 8.19. The third kappa shape index (κ3) is 6.34. The number of hydrogen-bond donors (Lipinski definition) is 1. The van der Waals surface area contributed by atoms with E-state index in [1.54, 1.807) is 31.4 Å². The molecule has 0 heterocycles. The molecule has 0 saturated heterocycles. The second-order valence-electron chi connectivity index (χ2n) is 10.9. The summed E-state index contributed by atoms with van der Waals surface area (Å²) in [6.07, 6.45) is 9.06. The normalized spacial score (nSPS) is 25.6. The Bertz CT molecular complexity index is 1160. The lowest BCUT2D eigenvalue weighted by Crippen LogP contribution is -2.48. The van der Waals surface area contributed by atoms with Gasteiger partial charge in [0.2, 0.25) is 0 Å². The molecule has 1 amide bonds. The molecule has 208 valence electrons. The first-order chi connectivity index (χ1) is 18.9. The zero-order valence-electron chi connectivity index (χ0n) is 22.6. The van der Waals surface area contributed by atoms with Crippen LogP contribution in [0.2, 0.25) is 0 Å². The Hall–Kier alpha value is -2.81. The van der Waals surface area contributed by atoms with Gasteiger partial charge in [0, 0.05) is 23.3 Å². The van der Waals surface area contributed by atoms with Crippen LogP contribution in [-0.4, -0.2) is 38.0 Å². The predicted octanol–water partition coefficient (Wildman–Crippen LogP) is 7.17. The monoisotopic (exact) mass is 551 g/mol. The van der Waals surface area contributed by atoms with Crippen LogP contribution >= 0.6 is 11.8 Å². The number of amides is 1. The lowest BCUT2D eigenvalue weighted by Gasteiger charge is -2.57. The van der Waals surface area contributed by atoms with E-state index in [9.17, 15) is 9.59 Å². The maximum atomic E-state index is 13.0. The average molecular weight is 552 g/mol. The summed E-state index contributed by atoms with van der Waals surface area (Å²) in [5.74, 6) is 2.66. The van der Waals surface area contributed by atoms with E-state index in [0.717, 1.165) is 40.2 Å². The van der Waals surface area contributed by atoms with E-state index in [-0.39, 0.29) is 17.3 Å². The van der Waals surface area contributed by atoms with E-state index in [1.807, 2.05) is 19.1 Å². The fraction of sp³-hybridized carbons (Fsp3) is 0.484. The minimum absolute atomic E-state index is 0.0671. The molecule has 4 saturated carbocycles. The standard InChI is InChI=1S/C31H37NO6S/c1-4-12-37-28(33)23-6-8-24(9-7-23)32-29(34)39-25-10-11-27(38-30(35-3)36-5-2)26(16-25)31-17-20-13-21(18-31)15-22(14-20)19-31/h4,6-11,16,20-22,30H,1,5,12-15,17-19H2,2-3H3,(H,32,34). The van der Waals surface area contributed by atoms with Crippen LogP contribution in [0.4, 0.5) is 10.5 Å². The van der Waals surface area contributed by atoms with Gasteiger partial charge in [-0.1, -0.05) is 12.7 Å². The molecule has 8 heteroatoms. The molecule has 2 aromatic rings. The fourth-order valence-electron chi connectivity index (χ4n) is 7.08. The maximum absolute atomic E-state index is 13.0. The summed E-state index contributed by atoms with van der Waals surface area (Å²) in [4.78, 5) is 25.8. The largest absolute Gasteiger partial charge is 0.458 e. The number of nitrogens with one attached hydrogen (secondary N) is 1. The Morgan fingerprint density at radius 1 is 1.08 bits per heavy atom. The van der Waals surface area contributed by atoms with Gasteiger partial charge in [-0.3, -0.25) is 4.79 Å². The molecular formula is C31H37NO6S. The molecule has 4 aliphatic carbocycles. The van der Waals surface area contributed by atoms with Crippen LogP contribution in [0.3, 0.4) is 0 Å². The first-order valence-corrected chi connectivity index (χ1v) is 14.6. The van der Waals surface area contributed by atoms with Crippen molar-refractivity contribution in [1.29, 1.82) is 0 Å². The third-order valence-corrected chi connectivity index (χ3v) is 8.97. The minimum Gasteiger partial charge on any atom is -0.458 e. The van der Waals surface area contributed by atoms with Crippen molar-refractivity contribution in [3.8, 4) is 5.75 Å². The van der Waals surface area contributed by atoms with Gasteiger partial charge in [-0.15, -0.1) is 0 Å². The predicted molar refractivity (Wildman–Crippen MR) is 151 cm³/mol. The Labute approximate surface area is 234 Å². The van der Waals surface area contributed by atoms with E-state index in [4.69, 9.17) is 18.9 Å². The molecule has 1 unspecified atom stereocenters. The van der Waals surface area contributed by atoms with Crippen molar-refractivity contribution in [3.05, 3.63) is 66.2 Å². The summed E-state index contributed by atoms with van der Waals surface area (Å²) < 4.78 is 22.3. The number of rotatable bonds is 11. The molecule has 0 aliphatic heterocycles. The molecule has 6 rings (SSSR count). The van der Waals surface area contributed by atoms with Crippen LogP contribution in [-0.2, 0) is 19.6 Å². The highest BCUT2D eigenvalue weighted by Crippen LogP contribution is 2.62. The molecule has 39 heavy (non-hydrogen) atoms. The van der Waals surface area contributed by atoms with Gasteiger partial charge >= 0.3 is 12.4 Å². The highest BCUT2D eigenvalue weighted by Gasteiger charge is 2.52. The Morgan fingerprint density at radius 3 is 2.33 bits per heavy atom. The summed E-state index contributed by atoms with van der Waals surface area (Å²) >= 11 is 1.15. The molecule has 1 atom stereocenters. The average Bonchev–Trinajstić information content (AvgIpc) is 2.91. The van der Waals surface area contributed by atoms with Crippen molar-refractivity contribution in [3.63, 3.8) is 0 Å². The number of methoxy groups -OCH3 is 1. The zero-order chi connectivity index (χ0) is 27.4. The van der Waals surface area contributed by atoms with Gasteiger partial charge in [0.25, 0.3) is 5.24 Å². The molecule has 4 aliphatic rings. The van der Waals surface area contributed by atoms with Crippen molar-refractivity contribution in [2.24, 2.45) is 17.8 Å². The molecule has 1 N–H and O–H groups in total. The van der Waals surface area contributed by atoms with Crippen LogP contribution in [0.25, 0.3) is 0 Å². The van der Waals surface area contributed by atoms with E-state index >= 15 is 0 Å². The molecule has 0 radical (unpaired) electrons.